The van der Waals surface area contributed by atoms with E-state index in [4.69, 9.17) is 5.73 Å². The molecule has 7 nitrogen and oxygen atoms in total. The molecular formula is C13H15N3O4. The number of aliphatic carboxylic acids is 1. The van der Waals surface area contributed by atoms with Gasteiger partial charge in [-0.25, -0.2) is 4.79 Å². The minimum Gasteiger partial charge on any atom is -0.481 e. The van der Waals surface area contributed by atoms with E-state index in [1.807, 2.05) is 0 Å². The SMILES string of the molecule is NC(=O)CNC(=O)Nc1ccc(C2(C(=O)O)CC2)cc1. The van der Waals surface area contributed by atoms with Gasteiger partial charge in [-0.15, -0.1) is 0 Å². The van der Waals surface area contributed by atoms with Crippen molar-refractivity contribution in [1.29, 1.82) is 0 Å². The molecule has 20 heavy (non-hydrogen) atoms. The summed E-state index contributed by atoms with van der Waals surface area (Å²) in [5.41, 5.74) is 5.38. The first-order chi connectivity index (χ1) is 9.44. The van der Waals surface area contributed by atoms with Crippen LogP contribution in [0.15, 0.2) is 24.3 Å². The summed E-state index contributed by atoms with van der Waals surface area (Å²) in [6.45, 7) is -0.244. The lowest BCUT2D eigenvalue weighted by molar-refractivity contribution is -0.140. The maximum Gasteiger partial charge on any atom is 0.319 e. The van der Waals surface area contributed by atoms with E-state index in [0.29, 0.717) is 18.5 Å². The van der Waals surface area contributed by atoms with Gasteiger partial charge in [-0.3, -0.25) is 9.59 Å². The smallest absolute Gasteiger partial charge is 0.319 e. The van der Waals surface area contributed by atoms with E-state index in [1.165, 1.54) is 0 Å². The highest BCUT2D eigenvalue weighted by atomic mass is 16.4. The maximum absolute atomic E-state index is 11.4. The molecule has 1 saturated carbocycles. The summed E-state index contributed by atoms with van der Waals surface area (Å²) in [5.74, 6) is -1.45. The first kappa shape index (κ1) is 13.9. The van der Waals surface area contributed by atoms with Crippen molar-refractivity contribution in [2.24, 2.45) is 5.73 Å². The monoisotopic (exact) mass is 277 g/mol. The number of hydrogen-bond donors (Lipinski definition) is 4. The van der Waals surface area contributed by atoms with Gasteiger partial charge in [0.15, 0.2) is 0 Å². The molecule has 1 aliphatic rings. The number of carbonyl (C=O) groups excluding carboxylic acids is 2. The number of rotatable bonds is 5. The van der Waals surface area contributed by atoms with Crippen LogP contribution in [0, 0.1) is 0 Å². The molecule has 0 bridgehead atoms. The van der Waals surface area contributed by atoms with Gasteiger partial charge in [0.25, 0.3) is 0 Å². The first-order valence-corrected chi connectivity index (χ1v) is 6.11. The van der Waals surface area contributed by atoms with Crippen molar-refractivity contribution in [3.05, 3.63) is 29.8 Å². The second-order valence-electron chi connectivity index (χ2n) is 4.74. The minimum atomic E-state index is -0.822. The summed E-state index contributed by atoms with van der Waals surface area (Å²) in [6.07, 6.45) is 1.27. The Labute approximate surface area is 115 Å². The van der Waals surface area contributed by atoms with E-state index in [-0.39, 0.29) is 6.54 Å². The summed E-state index contributed by atoms with van der Waals surface area (Å²) < 4.78 is 0. The molecule has 1 aromatic carbocycles. The predicted octanol–water partition coefficient (Wildman–Crippen LogP) is 0.410. The second-order valence-corrected chi connectivity index (χ2v) is 4.74. The van der Waals surface area contributed by atoms with Gasteiger partial charge >= 0.3 is 12.0 Å². The summed E-state index contributed by atoms with van der Waals surface area (Å²) in [4.78, 5) is 33.1. The molecule has 7 heteroatoms. The molecule has 0 radical (unpaired) electrons. The summed E-state index contributed by atoms with van der Waals surface area (Å²) in [5, 5.41) is 14.0. The number of carboxylic acid groups (broad SMARTS) is 1. The Morgan fingerprint density at radius 2 is 1.80 bits per heavy atom. The van der Waals surface area contributed by atoms with Crippen LogP contribution < -0.4 is 16.4 Å². The highest BCUT2D eigenvalue weighted by Crippen LogP contribution is 2.48. The number of benzene rings is 1. The standard InChI is InChI=1S/C13H15N3O4/c14-10(17)7-15-12(20)16-9-3-1-8(2-4-9)13(5-6-13)11(18)19/h1-4H,5-7H2,(H2,14,17)(H,18,19)(H2,15,16,20). The van der Waals surface area contributed by atoms with Crippen LogP contribution in [0.5, 0.6) is 0 Å². The van der Waals surface area contributed by atoms with Crippen molar-refractivity contribution in [3.8, 4) is 0 Å². The lowest BCUT2D eigenvalue weighted by Crippen LogP contribution is -2.36. The molecule has 0 heterocycles. The zero-order valence-corrected chi connectivity index (χ0v) is 10.7. The van der Waals surface area contributed by atoms with E-state index in [9.17, 15) is 19.5 Å². The Kier molecular flexibility index (Phi) is 3.60. The van der Waals surface area contributed by atoms with Crippen molar-refractivity contribution in [2.45, 2.75) is 18.3 Å². The number of nitrogens with two attached hydrogens (primary N) is 1. The van der Waals surface area contributed by atoms with Gasteiger partial charge in [0.05, 0.1) is 12.0 Å². The normalized spacial score (nSPS) is 15.2. The van der Waals surface area contributed by atoms with Crippen LogP contribution in [0.4, 0.5) is 10.5 Å². The number of carboxylic acids is 1. The van der Waals surface area contributed by atoms with Crippen LogP contribution in [0.25, 0.3) is 0 Å². The molecule has 0 aliphatic heterocycles. The Hall–Kier alpha value is -2.57. The topological polar surface area (TPSA) is 122 Å². The Balaban J connectivity index is 1.97. The van der Waals surface area contributed by atoms with Crippen molar-refractivity contribution >= 4 is 23.6 Å². The number of anilines is 1. The Bertz CT molecular complexity index is 549. The lowest BCUT2D eigenvalue weighted by atomic mass is 9.96. The number of amides is 3. The summed E-state index contributed by atoms with van der Waals surface area (Å²) in [7, 11) is 0. The highest BCUT2D eigenvalue weighted by Gasteiger charge is 2.51. The number of nitrogens with one attached hydrogen (secondary N) is 2. The summed E-state index contributed by atoms with van der Waals surface area (Å²) in [6, 6.07) is 6.08. The third kappa shape index (κ3) is 2.87. The fourth-order valence-electron chi connectivity index (χ4n) is 1.97. The van der Waals surface area contributed by atoms with Crippen LogP contribution in [-0.4, -0.2) is 29.6 Å². The average Bonchev–Trinajstić information content (AvgIpc) is 3.19. The van der Waals surface area contributed by atoms with E-state index in [0.717, 1.165) is 5.56 Å². The largest absolute Gasteiger partial charge is 0.481 e. The van der Waals surface area contributed by atoms with Crippen molar-refractivity contribution in [3.63, 3.8) is 0 Å². The van der Waals surface area contributed by atoms with Crippen LogP contribution in [0.1, 0.15) is 18.4 Å². The van der Waals surface area contributed by atoms with Gasteiger partial charge in [0, 0.05) is 5.69 Å². The van der Waals surface area contributed by atoms with Gasteiger partial charge < -0.3 is 21.5 Å². The minimum absolute atomic E-state index is 0.244. The van der Waals surface area contributed by atoms with Gasteiger partial charge in [0.1, 0.15) is 0 Å². The van der Waals surface area contributed by atoms with Crippen molar-refractivity contribution < 1.29 is 19.5 Å². The second kappa shape index (κ2) is 5.20. The molecule has 0 saturated heterocycles. The molecule has 0 unspecified atom stereocenters. The fourth-order valence-corrected chi connectivity index (χ4v) is 1.97. The zero-order chi connectivity index (χ0) is 14.8. The van der Waals surface area contributed by atoms with E-state index < -0.39 is 23.3 Å². The molecule has 106 valence electrons. The van der Waals surface area contributed by atoms with Crippen LogP contribution in [0.3, 0.4) is 0 Å². The van der Waals surface area contributed by atoms with Crippen molar-refractivity contribution in [1.82, 2.24) is 5.32 Å². The van der Waals surface area contributed by atoms with Gasteiger partial charge in [0.2, 0.25) is 5.91 Å². The van der Waals surface area contributed by atoms with Crippen LogP contribution in [-0.2, 0) is 15.0 Å². The quantitative estimate of drug-likeness (QED) is 0.622. The zero-order valence-electron chi connectivity index (χ0n) is 10.7. The molecule has 5 N–H and O–H groups in total. The fraction of sp³-hybridized carbons (Fsp3) is 0.308. The van der Waals surface area contributed by atoms with Crippen LogP contribution >= 0.6 is 0 Å². The van der Waals surface area contributed by atoms with Crippen LogP contribution in [0.2, 0.25) is 0 Å². The number of carbonyl (C=O) groups is 3. The van der Waals surface area contributed by atoms with E-state index in [1.54, 1.807) is 24.3 Å². The highest BCUT2D eigenvalue weighted by molar-refractivity contribution is 5.92. The van der Waals surface area contributed by atoms with Gasteiger partial charge in [-0.1, -0.05) is 12.1 Å². The lowest BCUT2D eigenvalue weighted by Gasteiger charge is -2.11. The molecule has 0 spiro atoms. The number of primary amides is 1. The molecule has 3 amide bonds. The summed E-state index contributed by atoms with van der Waals surface area (Å²) >= 11 is 0. The van der Waals surface area contributed by atoms with E-state index >= 15 is 0 Å². The third-order valence-corrected chi connectivity index (χ3v) is 3.28. The predicted molar refractivity (Wildman–Crippen MR) is 71.2 cm³/mol. The molecular weight excluding hydrogens is 262 g/mol. The molecule has 0 aromatic heterocycles. The van der Waals surface area contributed by atoms with Gasteiger partial charge in [-0.2, -0.15) is 0 Å². The maximum atomic E-state index is 11.4. The van der Waals surface area contributed by atoms with Gasteiger partial charge in [-0.05, 0) is 30.5 Å². The van der Waals surface area contributed by atoms with E-state index in [2.05, 4.69) is 10.6 Å². The molecule has 1 aromatic rings. The Morgan fingerprint density at radius 1 is 1.20 bits per heavy atom. The van der Waals surface area contributed by atoms with Crippen molar-refractivity contribution in [2.75, 3.05) is 11.9 Å². The molecule has 0 atom stereocenters. The number of hydrogen-bond acceptors (Lipinski definition) is 3. The molecule has 2 rings (SSSR count). The molecule has 1 aliphatic carbocycles. The first-order valence-electron chi connectivity index (χ1n) is 6.11. The Morgan fingerprint density at radius 3 is 2.25 bits per heavy atom. The average molecular weight is 277 g/mol. The molecule has 1 fully saturated rings. The third-order valence-electron chi connectivity index (χ3n) is 3.28. The number of urea groups is 1.